The number of hydrogen-bond donors (Lipinski definition) is 2. The van der Waals surface area contributed by atoms with Crippen molar-refractivity contribution in [2.75, 3.05) is 11.9 Å². The second-order valence-electron chi connectivity index (χ2n) is 7.75. The van der Waals surface area contributed by atoms with Crippen molar-refractivity contribution < 1.29 is 14.3 Å². The van der Waals surface area contributed by atoms with Crippen LogP contribution in [0.1, 0.15) is 41.3 Å². The average Bonchev–Trinajstić information content (AvgIpc) is 2.81. The average molecular weight is 533 g/mol. The number of carbonyl (C=O) groups is 2. The fraction of sp³-hybridized carbons (Fsp3) is 0.192. The van der Waals surface area contributed by atoms with Crippen molar-refractivity contribution in [2.45, 2.75) is 26.7 Å². The molecule has 0 aliphatic carbocycles. The van der Waals surface area contributed by atoms with Crippen LogP contribution in [0.2, 0.25) is 15.1 Å². The summed E-state index contributed by atoms with van der Waals surface area (Å²) in [6, 6.07) is 17.2. The second-order valence-corrected chi connectivity index (χ2v) is 9.03. The predicted molar refractivity (Wildman–Crippen MR) is 142 cm³/mol. The van der Waals surface area contributed by atoms with E-state index in [-0.39, 0.29) is 23.3 Å². The van der Waals surface area contributed by atoms with Gasteiger partial charge in [-0.25, -0.2) is 5.43 Å². The number of aryl methyl sites for hydroxylation is 1. The summed E-state index contributed by atoms with van der Waals surface area (Å²) in [6.45, 7) is 4.11. The van der Waals surface area contributed by atoms with E-state index in [1.807, 2.05) is 19.1 Å². The zero-order valence-electron chi connectivity index (χ0n) is 19.2. The van der Waals surface area contributed by atoms with Gasteiger partial charge in [-0.05, 0) is 79.9 Å². The first-order valence-corrected chi connectivity index (χ1v) is 12.0. The first-order chi connectivity index (χ1) is 16.7. The molecule has 182 valence electrons. The highest BCUT2D eigenvalue weighted by molar-refractivity contribution is 6.37. The molecule has 0 heterocycles. The van der Waals surface area contributed by atoms with Crippen LogP contribution < -0.4 is 15.5 Å². The number of ether oxygens (including phenoxy) is 1. The molecule has 0 radical (unpaired) electrons. The predicted octanol–water partition coefficient (Wildman–Crippen LogP) is 6.91. The van der Waals surface area contributed by atoms with Crippen molar-refractivity contribution in [3.05, 3.63) is 92.4 Å². The van der Waals surface area contributed by atoms with Crippen LogP contribution in [0.15, 0.2) is 65.8 Å². The minimum Gasteiger partial charge on any atom is -0.493 e. The van der Waals surface area contributed by atoms with Crippen molar-refractivity contribution in [3.8, 4) is 5.75 Å². The quantitative estimate of drug-likeness (QED) is 0.179. The number of rotatable bonds is 9. The van der Waals surface area contributed by atoms with E-state index < -0.39 is 0 Å². The lowest BCUT2D eigenvalue weighted by Crippen LogP contribution is -2.19. The molecule has 2 N–H and O–H groups in total. The Bertz CT molecular complexity index is 1240. The van der Waals surface area contributed by atoms with Gasteiger partial charge in [-0.2, -0.15) is 5.10 Å². The van der Waals surface area contributed by atoms with Crippen LogP contribution in [0.25, 0.3) is 0 Å². The molecular weight excluding hydrogens is 509 g/mol. The molecule has 0 saturated carbocycles. The Morgan fingerprint density at radius 1 is 0.943 bits per heavy atom. The Morgan fingerprint density at radius 2 is 1.63 bits per heavy atom. The van der Waals surface area contributed by atoms with Crippen molar-refractivity contribution in [1.82, 2.24) is 5.43 Å². The standard InChI is InChI=1S/C26H24Cl3N3O3/c1-16-14-19(27)8-12-24(16)35-13-3-4-25(33)32-31-17(2)18-5-9-21(10-6-18)30-26(34)22-11-7-20(28)15-23(22)29/h5-12,14-15H,3-4,13H2,1-2H3,(H,30,34)(H,32,33)/b31-17+. The minimum absolute atomic E-state index is 0.204. The summed E-state index contributed by atoms with van der Waals surface area (Å²) in [5, 5.41) is 8.33. The molecule has 3 aromatic rings. The molecular formula is C26H24Cl3N3O3. The first kappa shape index (κ1) is 26.5. The van der Waals surface area contributed by atoms with E-state index >= 15 is 0 Å². The van der Waals surface area contributed by atoms with Crippen molar-refractivity contribution in [2.24, 2.45) is 5.10 Å². The van der Waals surface area contributed by atoms with E-state index in [1.54, 1.807) is 49.4 Å². The van der Waals surface area contributed by atoms with Crippen LogP contribution in [0.3, 0.4) is 0 Å². The Kier molecular flexibility index (Phi) is 9.55. The van der Waals surface area contributed by atoms with E-state index in [2.05, 4.69) is 15.8 Å². The summed E-state index contributed by atoms with van der Waals surface area (Å²) in [5.41, 5.74) is 5.86. The first-order valence-electron chi connectivity index (χ1n) is 10.8. The maximum absolute atomic E-state index is 12.4. The molecule has 0 bridgehead atoms. The number of benzene rings is 3. The van der Waals surface area contributed by atoms with Gasteiger partial charge < -0.3 is 10.1 Å². The largest absolute Gasteiger partial charge is 0.493 e. The summed E-state index contributed by atoms with van der Waals surface area (Å²) < 4.78 is 5.70. The number of nitrogens with zero attached hydrogens (tertiary/aromatic N) is 1. The number of hydrogen-bond acceptors (Lipinski definition) is 4. The lowest BCUT2D eigenvalue weighted by atomic mass is 10.1. The number of anilines is 1. The summed E-state index contributed by atoms with van der Waals surface area (Å²) >= 11 is 17.9. The van der Waals surface area contributed by atoms with Gasteiger partial charge in [0.15, 0.2) is 0 Å². The fourth-order valence-electron chi connectivity index (χ4n) is 3.12. The molecule has 0 atom stereocenters. The maximum Gasteiger partial charge on any atom is 0.257 e. The van der Waals surface area contributed by atoms with Gasteiger partial charge in [-0.3, -0.25) is 9.59 Å². The topological polar surface area (TPSA) is 79.8 Å². The molecule has 0 saturated heterocycles. The van der Waals surface area contributed by atoms with Gasteiger partial charge in [0.05, 0.1) is 22.9 Å². The Balaban J connectivity index is 1.45. The van der Waals surface area contributed by atoms with Crippen molar-refractivity contribution >= 4 is 58.0 Å². The number of amides is 2. The Labute approximate surface area is 219 Å². The molecule has 6 nitrogen and oxygen atoms in total. The lowest BCUT2D eigenvalue weighted by Gasteiger charge is -2.09. The summed E-state index contributed by atoms with van der Waals surface area (Å²) in [4.78, 5) is 24.5. The van der Waals surface area contributed by atoms with E-state index in [4.69, 9.17) is 39.5 Å². The molecule has 35 heavy (non-hydrogen) atoms. The molecule has 2 amide bonds. The molecule has 0 fully saturated rings. The van der Waals surface area contributed by atoms with Crippen LogP contribution in [0.5, 0.6) is 5.75 Å². The highest BCUT2D eigenvalue weighted by Gasteiger charge is 2.11. The summed E-state index contributed by atoms with van der Waals surface area (Å²) in [6.07, 6.45) is 0.830. The minimum atomic E-state index is -0.340. The van der Waals surface area contributed by atoms with Crippen LogP contribution in [-0.4, -0.2) is 24.1 Å². The normalized spacial score (nSPS) is 11.2. The fourth-order valence-corrected chi connectivity index (χ4v) is 3.84. The monoisotopic (exact) mass is 531 g/mol. The molecule has 0 spiro atoms. The highest BCUT2D eigenvalue weighted by atomic mass is 35.5. The third-order valence-corrected chi connectivity index (χ3v) is 5.81. The summed E-state index contributed by atoms with van der Waals surface area (Å²) in [5.74, 6) is 0.205. The van der Waals surface area contributed by atoms with E-state index in [0.29, 0.717) is 40.0 Å². The van der Waals surface area contributed by atoms with Crippen LogP contribution in [0, 0.1) is 6.92 Å². The van der Waals surface area contributed by atoms with E-state index in [1.165, 1.54) is 6.07 Å². The van der Waals surface area contributed by atoms with Crippen molar-refractivity contribution in [3.63, 3.8) is 0 Å². The van der Waals surface area contributed by atoms with Gasteiger partial charge >= 0.3 is 0 Å². The smallest absolute Gasteiger partial charge is 0.257 e. The van der Waals surface area contributed by atoms with Gasteiger partial charge in [0.2, 0.25) is 5.91 Å². The molecule has 0 unspecified atom stereocenters. The third-order valence-electron chi connectivity index (χ3n) is 5.03. The maximum atomic E-state index is 12.4. The highest BCUT2D eigenvalue weighted by Crippen LogP contribution is 2.23. The molecule has 9 heteroatoms. The Hall–Kier alpha value is -3.06. The molecule has 3 rings (SSSR count). The zero-order chi connectivity index (χ0) is 25.4. The van der Waals surface area contributed by atoms with Crippen LogP contribution >= 0.6 is 34.8 Å². The SMILES string of the molecule is C/C(=N\NC(=O)CCCOc1ccc(Cl)cc1C)c1ccc(NC(=O)c2ccc(Cl)cc2Cl)cc1. The van der Waals surface area contributed by atoms with Gasteiger partial charge in [0.1, 0.15) is 5.75 Å². The number of nitrogens with one attached hydrogen (secondary N) is 2. The molecule has 0 aliphatic heterocycles. The van der Waals surface area contributed by atoms with Gasteiger partial charge in [-0.1, -0.05) is 46.9 Å². The van der Waals surface area contributed by atoms with Gasteiger partial charge in [0, 0.05) is 22.2 Å². The second kappa shape index (κ2) is 12.6. The van der Waals surface area contributed by atoms with Crippen molar-refractivity contribution in [1.29, 1.82) is 0 Å². The number of carbonyl (C=O) groups excluding carboxylic acids is 2. The number of halogens is 3. The Morgan fingerprint density at radius 3 is 2.31 bits per heavy atom. The van der Waals surface area contributed by atoms with E-state index in [9.17, 15) is 9.59 Å². The molecule has 3 aromatic carbocycles. The molecule has 0 aromatic heterocycles. The zero-order valence-corrected chi connectivity index (χ0v) is 21.5. The lowest BCUT2D eigenvalue weighted by molar-refractivity contribution is -0.121. The molecule has 0 aliphatic rings. The summed E-state index contributed by atoms with van der Waals surface area (Å²) in [7, 11) is 0. The van der Waals surface area contributed by atoms with Gasteiger partial charge in [0.25, 0.3) is 5.91 Å². The van der Waals surface area contributed by atoms with Crippen LogP contribution in [-0.2, 0) is 4.79 Å². The number of hydrazone groups is 1. The van der Waals surface area contributed by atoms with Gasteiger partial charge in [-0.15, -0.1) is 0 Å². The third kappa shape index (κ3) is 7.99. The van der Waals surface area contributed by atoms with E-state index in [0.717, 1.165) is 16.9 Å². The van der Waals surface area contributed by atoms with Crippen LogP contribution in [0.4, 0.5) is 5.69 Å².